The van der Waals surface area contributed by atoms with Gasteiger partial charge in [-0.25, -0.2) is 4.98 Å². The molecular formula is C12H21N3S. The first kappa shape index (κ1) is 12.0. The molecule has 2 rings (SSSR count). The van der Waals surface area contributed by atoms with Crippen molar-refractivity contribution in [3.05, 3.63) is 16.1 Å². The van der Waals surface area contributed by atoms with Crippen molar-refractivity contribution in [3.8, 4) is 0 Å². The van der Waals surface area contributed by atoms with Gasteiger partial charge in [0.25, 0.3) is 0 Å². The third kappa shape index (κ3) is 3.03. The molecule has 1 heterocycles. The molecule has 1 fully saturated rings. The molecule has 3 nitrogen and oxygen atoms in total. The molecule has 0 aliphatic heterocycles. The minimum Gasteiger partial charge on any atom is -0.330 e. The predicted molar refractivity (Wildman–Crippen MR) is 68.6 cm³/mol. The van der Waals surface area contributed by atoms with Crippen LogP contribution >= 0.6 is 11.3 Å². The molecule has 1 aromatic heterocycles. The molecule has 1 aliphatic carbocycles. The van der Waals surface area contributed by atoms with E-state index in [1.165, 1.54) is 31.4 Å². The lowest BCUT2D eigenvalue weighted by Crippen LogP contribution is -2.38. The number of nitrogens with two attached hydrogens (primary N) is 1. The van der Waals surface area contributed by atoms with E-state index in [1.54, 1.807) is 11.3 Å². The van der Waals surface area contributed by atoms with Gasteiger partial charge in [-0.05, 0) is 26.3 Å². The van der Waals surface area contributed by atoms with E-state index in [2.05, 4.69) is 22.6 Å². The summed E-state index contributed by atoms with van der Waals surface area (Å²) in [7, 11) is 0. The first-order valence-corrected chi connectivity index (χ1v) is 6.98. The highest BCUT2D eigenvalue weighted by atomic mass is 32.1. The summed E-state index contributed by atoms with van der Waals surface area (Å²) in [6.07, 6.45) is 6.22. The molecule has 0 bridgehead atoms. The molecule has 0 atom stereocenters. The van der Waals surface area contributed by atoms with Gasteiger partial charge in [0, 0.05) is 23.9 Å². The lowest BCUT2D eigenvalue weighted by molar-refractivity contribution is 0.361. The minimum atomic E-state index is 0.345. The second-order valence-corrected chi connectivity index (χ2v) is 5.84. The van der Waals surface area contributed by atoms with Crippen LogP contribution in [0.3, 0.4) is 0 Å². The standard InChI is InChI=1S/C12H21N3S/c1-12(5-2-3-6-12)14-8-10-9-16-11(15-10)4-7-13/h9,14H,2-8,13H2,1H3. The monoisotopic (exact) mass is 239 g/mol. The van der Waals surface area contributed by atoms with Gasteiger partial charge in [-0.3, -0.25) is 0 Å². The maximum Gasteiger partial charge on any atom is 0.0941 e. The molecule has 0 unspecified atom stereocenters. The normalized spacial score (nSPS) is 19.1. The Morgan fingerprint density at radius 1 is 1.50 bits per heavy atom. The van der Waals surface area contributed by atoms with Crippen molar-refractivity contribution in [3.63, 3.8) is 0 Å². The predicted octanol–water partition coefficient (Wildman–Crippen LogP) is 2.07. The zero-order valence-electron chi connectivity index (χ0n) is 9.96. The Morgan fingerprint density at radius 2 is 2.25 bits per heavy atom. The fourth-order valence-electron chi connectivity index (χ4n) is 2.30. The Bertz CT molecular complexity index is 329. The topological polar surface area (TPSA) is 50.9 Å². The van der Waals surface area contributed by atoms with E-state index in [1.807, 2.05) is 0 Å². The summed E-state index contributed by atoms with van der Waals surface area (Å²) in [5.41, 5.74) is 7.03. The van der Waals surface area contributed by atoms with E-state index in [-0.39, 0.29) is 0 Å². The number of nitrogens with one attached hydrogen (secondary N) is 1. The van der Waals surface area contributed by atoms with Gasteiger partial charge < -0.3 is 11.1 Å². The van der Waals surface area contributed by atoms with Gasteiger partial charge >= 0.3 is 0 Å². The summed E-state index contributed by atoms with van der Waals surface area (Å²) in [6.45, 7) is 3.92. The van der Waals surface area contributed by atoms with Crippen LogP contribution in [0.4, 0.5) is 0 Å². The van der Waals surface area contributed by atoms with Gasteiger partial charge in [0.2, 0.25) is 0 Å². The molecule has 4 heteroatoms. The van der Waals surface area contributed by atoms with Crippen LogP contribution in [0.5, 0.6) is 0 Å². The SMILES string of the molecule is CC1(NCc2csc(CCN)n2)CCCC1. The quantitative estimate of drug-likeness (QED) is 0.827. The fraction of sp³-hybridized carbons (Fsp3) is 0.750. The van der Waals surface area contributed by atoms with Crippen LogP contribution < -0.4 is 11.1 Å². The Hall–Kier alpha value is -0.450. The smallest absolute Gasteiger partial charge is 0.0941 e. The summed E-state index contributed by atoms with van der Waals surface area (Å²) in [4.78, 5) is 4.57. The number of hydrogen-bond donors (Lipinski definition) is 2. The number of nitrogens with zero attached hydrogens (tertiary/aromatic N) is 1. The Morgan fingerprint density at radius 3 is 2.94 bits per heavy atom. The summed E-state index contributed by atoms with van der Waals surface area (Å²) in [6, 6.07) is 0. The molecule has 1 aromatic rings. The highest BCUT2D eigenvalue weighted by Crippen LogP contribution is 2.29. The van der Waals surface area contributed by atoms with E-state index in [0.29, 0.717) is 12.1 Å². The van der Waals surface area contributed by atoms with Crippen LogP contribution in [0.1, 0.15) is 43.3 Å². The molecule has 90 valence electrons. The van der Waals surface area contributed by atoms with Crippen LogP contribution in [0.25, 0.3) is 0 Å². The van der Waals surface area contributed by atoms with Crippen LogP contribution in [-0.2, 0) is 13.0 Å². The van der Waals surface area contributed by atoms with Crippen LogP contribution in [0.2, 0.25) is 0 Å². The summed E-state index contributed by atoms with van der Waals surface area (Å²) < 4.78 is 0. The van der Waals surface area contributed by atoms with Gasteiger partial charge in [-0.15, -0.1) is 11.3 Å². The molecule has 1 aliphatic rings. The van der Waals surface area contributed by atoms with Gasteiger partial charge in [-0.1, -0.05) is 12.8 Å². The number of hydrogen-bond acceptors (Lipinski definition) is 4. The van der Waals surface area contributed by atoms with E-state index < -0.39 is 0 Å². The molecule has 0 saturated heterocycles. The van der Waals surface area contributed by atoms with Crippen LogP contribution in [0, 0.1) is 0 Å². The molecular weight excluding hydrogens is 218 g/mol. The van der Waals surface area contributed by atoms with Crippen molar-refractivity contribution < 1.29 is 0 Å². The lowest BCUT2D eigenvalue weighted by atomic mass is 10.0. The molecule has 0 aromatic carbocycles. The average Bonchev–Trinajstić information content (AvgIpc) is 2.86. The largest absolute Gasteiger partial charge is 0.330 e. The van der Waals surface area contributed by atoms with E-state index in [9.17, 15) is 0 Å². The molecule has 0 spiro atoms. The number of rotatable bonds is 5. The highest BCUT2D eigenvalue weighted by molar-refractivity contribution is 7.09. The highest BCUT2D eigenvalue weighted by Gasteiger charge is 2.27. The van der Waals surface area contributed by atoms with Crippen LogP contribution in [-0.4, -0.2) is 17.1 Å². The van der Waals surface area contributed by atoms with Gasteiger partial charge in [-0.2, -0.15) is 0 Å². The minimum absolute atomic E-state index is 0.345. The third-order valence-corrected chi connectivity index (χ3v) is 4.32. The molecule has 0 radical (unpaired) electrons. The molecule has 3 N–H and O–H groups in total. The summed E-state index contributed by atoms with van der Waals surface area (Å²) >= 11 is 1.72. The average molecular weight is 239 g/mol. The first-order chi connectivity index (χ1) is 7.72. The Balaban J connectivity index is 1.84. The first-order valence-electron chi connectivity index (χ1n) is 6.10. The van der Waals surface area contributed by atoms with Crippen molar-refractivity contribution in [2.75, 3.05) is 6.54 Å². The van der Waals surface area contributed by atoms with Crippen molar-refractivity contribution >= 4 is 11.3 Å². The van der Waals surface area contributed by atoms with Crippen molar-refractivity contribution in [2.45, 2.75) is 51.1 Å². The molecule has 16 heavy (non-hydrogen) atoms. The maximum absolute atomic E-state index is 5.52. The van der Waals surface area contributed by atoms with Crippen molar-refractivity contribution in [1.82, 2.24) is 10.3 Å². The summed E-state index contributed by atoms with van der Waals surface area (Å²) in [5.74, 6) is 0. The zero-order chi connectivity index (χ0) is 11.4. The molecule has 1 saturated carbocycles. The van der Waals surface area contributed by atoms with Gasteiger partial charge in [0.15, 0.2) is 0 Å². The Kier molecular flexibility index (Phi) is 3.95. The van der Waals surface area contributed by atoms with Crippen LogP contribution in [0.15, 0.2) is 5.38 Å². The summed E-state index contributed by atoms with van der Waals surface area (Å²) in [5, 5.41) is 6.95. The Labute approximate surface area is 101 Å². The van der Waals surface area contributed by atoms with Crippen molar-refractivity contribution in [2.24, 2.45) is 5.73 Å². The number of thiazole rings is 1. The number of aromatic nitrogens is 1. The molecule has 0 amide bonds. The van der Waals surface area contributed by atoms with Gasteiger partial charge in [0.1, 0.15) is 0 Å². The second kappa shape index (κ2) is 5.25. The second-order valence-electron chi connectivity index (χ2n) is 4.89. The van der Waals surface area contributed by atoms with Crippen molar-refractivity contribution in [1.29, 1.82) is 0 Å². The van der Waals surface area contributed by atoms with E-state index in [4.69, 9.17) is 5.73 Å². The third-order valence-electron chi connectivity index (χ3n) is 3.36. The van der Waals surface area contributed by atoms with E-state index >= 15 is 0 Å². The maximum atomic E-state index is 5.52. The lowest BCUT2D eigenvalue weighted by Gasteiger charge is -2.24. The van der Waals surface area contributed by atoms with Gasteiger partial charge in [0.05, 0.1) is 10.7 Å². The zero-order valence-corrected chi connectivity index (χ0v) is 10.8. The fourth-order valence-corrected chi connectivity index (χ4v) is 3.12. The van der Waals surface area contributed by atoms with E-state index in [0.717, 1.165) is 18.0 Å².